The fourth-order valence-corrected chi connectivity index (χ4v) is 1.65. The van der Waals surface area contributed by atoms with Crippen molar-refractivity contribution in [2.75, 3.05) is 5.32 Å². The summed E-state index contributed by atoms with van der Waals surface area (Å²) < 4.78 is 39.4. The number of amides is 2. The van der Waals surface area contributed by atoms with Crippen LogP contribution in [0.2, 0.25) is 0 Å². The van der Waals surface area contributed by atoms with Crippen LogP contribution in [0.5, 0.6) is 0 Å². The van der Waals surface area contributed by atoms with E-state index in [-0.39, 0.29) is 6.54 Å². The van der Waals surface area contributed by atoms with Crippen molar-refractivity contribution in [1.82, 2.24) is 5.32 Å². The van der Waals surface area contributed by atoms with Gasteiger partial charge in [-0.25, -0.2) is 13.2 Å². The molecule has 2 rings (SSSR count). The van der Waals surface area contributed by atoms with Crippen LogP contribution >= 0.6 is 0 Å². The van der Waals surface area contributed by atoms with Gasteiger partial charge in [0.05, 0.1) is 0 Å². The zero-order chi connectivity index (χ0) is 16.1. The van der Waals surface area contributed by atoms with Gasteiger partial charge in [0.15, 0.2) is 0 Å². The summed E-state index contributed by atoms with van der Waals surface area (Å²) in [6.45, 7) is -0.0215. The summed E-state index contributed by atoms with van der Waals surface area (Å²) in [6.07, 6.45) is 0. The van der Waals surface area contributed by atoms with Gasteiger partial charge in [-0.2, -0.15) is 0 Å². The van der Waals surface area contributed by atoms with Crippen LogP contribution in [0, 0.1) is 17.5 Å². The summed E-state index contributed by atoms with van der Waals surface area (Å²) in [5.41, 5.74) is -0.121. The Morgan fingerprint density at radius 2 is 1.45 bits per heavy atom. The number of carbonyl (C=O) groups is 2. The Morgan fingerprint density at radius 1 is 0.864 bits per heavy atom. The molecule has 0 bridgehead atoms. The summed E-state index contributed by atoms with van der Waals surface area (Å²) in [6, 6.07) is 8.32. The summed E-state index contributed by atoms with van der Waals surface area (Å²) in [5, 5.41) is 4.12. The molecule has 0 radical (unpaired) electrons. The molecule has 114 valence electrons. The van der Waals surface area contributed by atoms with Crippen molar-refractivity contribution in [3.8, 4) is 0 Å². The predicted molar refractivity (Wildman–Crippen MR) is 73.2 cm³/mol. The Hall–Kier alpha value is -2.83. The molecule has 7 heteroatoms. The van der Waals surface area contributed by atoms with Crippen molar-refractivity contribution < 1.29 is 22.8 Å². The Labute approximate surface area is 124 Å². The molecule has 2 aromatic rings. The van der Waals surface area contributed by atoms with Gasteiger partial charge < -0.3 is 10.6 Å². The Morgan fingerprint density at radius 3 is 2.05 bits per heavy atom. The molecule has 0 atom stereocenters. The van der Waals surface area contributed by atoms with E-state index in [4.69, 9.17) is 0 Å². The highest BCUT2D eigenvalue weighted by molar-refractivity contribution is 6.39. The minimum absolute atomic E-state index is 0.0215. The van der Waals surface area contributed by atoms with Crippen molar-refractivity contribution in [3.63, 3.8) is 0 Å². The Bertz CT molecular complexity index is 682. The van der Waals surface area contributed by atoms with Crippen molar-refractivity contribution in [3.05, 3.63) is 65.5 Å². The number of nitrogens with one attached hydrogen (secondary N) is 2. The zero-order valence-electron chi connectivity index (χ0n) is 11.2. The lowest BCUT2D eigenvalue weighted by molar-refractivity contribution is -0.136. The first-order chi connectivity index (χ1) is 10.5. The number of halogens is 3. The summed E-state index contributed by atoms with van der Waals surface area (Å²) in [7, 11) is 0. The normalized spacial score (nSPS) is 10.1. The molecule has 0 aliphatic rings. The zero-order valence-corrected chi connectivity index (χ0v) is 11.2. The van der Waals surface area contributed by atoms with E-state index >= 15 is 0 Å². The smallest absolute Gasteiger partial charge is 0.313 e. The third kappa shape index (κ3) is 3.85. The van der Waals surface area contributed by atoms with Crippen LogP contribution in [0.4, 0.5) is 18.9 Å². The number of benzene rings is 2. The van der Waals surface area contributed by atoms with Gasteiger partial charge in [0.2, 0.25) is 0 Å². The lowest BCUT2D eigenvalue weighted by Gasteiger charge is -2.08. The maximum absolute atomic E-state index is 13.3. The third-order valence-electron chi connectivity index (χ3n) is 2.77. The standard InChI is InChI=1S/C15H11F3N2O2/c16-10-6-4-9(5-7-10)8-19-14(21)15(22)20-13-11(17)2-1-3-12(13)18/h1-7H,8H2,(H,19,21)(H,20,22). The number of anilines is 1. The van der Waals surface area contributed by atoms with E-state index < -0.39 is 35.0 Å². The monoisotopic (exact) mass is 308 g/mol. The third-order valence-corrected chi connectivity index (χ3v) is 2.77. The molecule has 0 unspecified atom stereocenters. The molecule has 2 amide bonds. The highest BCUT2D eigenvalue weighted by Gasteiger charge is 2.17. The van der Waals surface area contributed by atoms with Crippen LogP contribution in [-0.4, -0.2) is 11.8 Å². The molecule has 4 nitrogen and oxygen atoms in total. The summed E-state index contributed by atoms with van der Waals surface area (Å²) in [4.78, 5) is 23.1. The fraction of sp³-hybridized carbons (Fsp3) is 0.0667. The number of para-hydroxylation sites is 1. The molecular formula is C15H11F3N2O2. The molecule has 0 saturated carbocycles. The minimum atomic E-state index is -1.20. The Kier molecular flexibility index (Phi) is 4.77. The SMILES string of the molecule is O=C(NCc1ccc(F)cc1)C(=O)Nc1c(F)cccc1F. The highest BCUT2D eigenvalue weighted by atomic mass is 19.1. The van der Waals surface area contributed by atoms with Crippen molar-refractivity contribution >= 4 is 17.5 Å². The first kappa shape index (κ1) is 15.6. The van der Waals surface area contributed by atoms with Crippen LogP contribution in [0.1, 0.15) is 5.56 Å². The fourth-order valence-electron chi connectivity index (χ4n) is 1.65. The van der Waals surface area contributed by atoms with Gasteiger partial charge in [-0.15, -0.1) is 0 Å². The van der Waals surface area contributed by atoms with Crippen LogP contribution in [0.3, 0.4) is 0 Å². The van der Waals surface area contributed by atoms with E-state index in [1.165, 1.54) is 24.3 Å². The van der Waals surface area contributed by atoms with E-state index in [2.05, 4.69) is 5.32 Å². The van der Waals surface area contributed by atoms with Gasteiger partial charge in [-0.05, 0) is 29.8 Å². The predicted octanol–water partition coefficient (Wildman–Crippen LogP) is 2.36. The molecular weight excluding hydrogens is 297 g/mol. The van der Waals surface area contributed by atoms with Gasteiger partial charge in [-0.1, -0.05) is 18.2 Å². The number of hydrogen-bond acceptors (Lipinski definition) is 2. The Balaban J connectivity index is 1.95. The topological polar surface area (TPSA) is 58.2 Å². The van der Waals surface area contributed by atoms with Crippen molar-refractivity contribution in [1.29, 1.82) is 0 Å². The van der Waals surface area contributed by atoms with Gasteiger partial charge in [-0.3, -0.25) is 9.59 Å². The molecule has 0 spiro atoms. The first-order valence-corrected chi connectivity index (χ1v) is 6.25. The molecule has 2 N–H and O–H groups in total. The molecule has 0 fully saturated rings. The number of rotatable bonds is 3. The molecule has 22 heavy (non-hydrogen) atoms. The van der Waals surface area contributed by atoms with Crippen molar-refractivity contribution in [2.45, 2.75) is 6.54 Å². The molecule has 2 aromatic carbocycles. The maximum Gasteiger partial charge on any atom is 0.313 e. The van der Waals surface area contributed by atoms with Crippen LogP contribution < -0.4 is 10.6 Å². The lowest BCUT2D eigenvalue weighted by Crippen LogP contribution is -2.35. The largest absolute Gasteiger partial charge is 0.344 e. The molecule has 0 heterocycles. The molecule has 0 aliphatic carbocycles. The molecule has 0 saturated heterocycles. The second kappa shape index (κ2) is 6.75. The highest BCUT2D eigenvalue weighted by Crippen LogP contribution is 2.17. The average molecular weight is 308 g/mol. The van der Waals surface area contributed by atoms with Crippen LogP contribution in [-0.2, 0) is 16.1 Å². The number of carbonyl (C=O) groups excluding carboxylic acids is 2. The minimum Gasteiger partial charge on any atom is -0.344 e. The molecule has 0 aliphatic heterocycles. The van der Waals surface area contributed by atoms with Crippen LogP contribution in [0.15, 0.2) is 42.5 Å². The van der Waals surface area contributed by atoms with Gasteiger partial charge in [0.1, 0.15) is 23.1 Å². The van der Waals surface area contributed by atoms with E-state index in [0.29, 0.717) is 5.56 Å². The average Bonchev–Trinajstić information content (AvgIpc) is 2.50. The van der Waals surface area contributed by atoms with Gasteiger partial charge in [0.25, 0.3) is 0 Å². The number of hydrogen-bond donors (Lipinski definition) is 2. The lowest BCUT2D eigenvalue weighted by atomic mass is 10.2. The summed E-state index contributed by atoms with van der Waals surface area (Å²) >= 11 is 0. The first-order valence-electron chi connectivity index (χ1n) is 6.25. The van der Waals surface area contributed by atoms with E-state index in [9.17, 15) is 22.8 Å². The second-order valence-corrected chi connectivity index (χ2v) is 4.36. The van der Waals surface area contributed by atoms with E-state index in [0.717, 1.165) is 18.2 Å². The van der Waals surface area contributed by atoms with Gasteiger partial charge in [0, 0.05) is 6.54 Å². The van der Waals surface area contributed by atoms with E-state index in [1.807, 2.05) is 5.32 Å². The van der Waals surface area contributed by atoms with Crippen molar-refractivity contribution in [2.24, 2.45) is 0 Å². The maximum atomic E-state index is 13.3. The van der Waals surface area contributed by atoms with Crippen LogP contribution in [0.25, 0.3) is 0 Å². The molecule has 0 aromatic heterocycles. The second-order valence-electron chi connectivity index (χ2n) is 4.36. The van der Waals surface area contributed by atoms with Gasteiger partial charge >= 0.3 is 11.8 Å². The summed E-state index contributed by atoms with van der Waals surface area (Å²) in [5.74, 6) is -4.67. The van der Waals surface area contributed by atoms with E-state index in [1.54, 1.807) is 0 Å². The quantitative estimate of drug-likeness (QED) is 0.855.